The topological polar surface area (TPSA) is 37.0 Å². The lowest BCUT2D eigenvalue weighted by molar-refractivity contribution is 0.208. The molecule has 90 valence electrons. The summed E-state index contributed by atoms with van der Waals surface area (Å²) in [4.78, 5) is 5.42. The molecule has 0 aromatic carbocycles. The molecule has 1 aromatic rings. The third-order valence-electron chi connectivity index (χ3n) is 3.76. The summed E-state index contributed by atoms with van der Waals surface area (Å²) in [5, 5.41) is 7.07. The van der Waals surface area contributed by atoms with E-state index < -0.39 is 0 Å². The fourth-order valence-electron chi connectivity index (χ4n) is 2.37. The number of nitrogens with one attached hydrogen (secondary N) is 2. The van der Waals surface area contributed by atoms with Gasteiger partial charge in [-0.25, -0.2) is 0 Å². The van der Waals surface area contributed by atoms with Crippen LogP contribution in [0.5, 0.6) is 0 Å². The SMILES string of the molecule is CC(C)C1(CNCc2cncs2)CCNC1. The fraction of sp³-hybridized carbons (Fsp3) is 0.750. The Kier molecular flexibility index (Phi) is 3.95. The van der Waals surface area contributed by atoms with Gasteiger partial charge in [-0.15, -0.1) is 11.3 Å². The molecule has 1 saturated heterocycles. The molecule has 3 nitrogen and oxygen atoms in total. The molecule has 4 heteroatoms. The standard InChI is InChI=1S/C12H21N3S/c1-10(2)12(3-4-13-7-12)8-14-5-11-6-15-9-16-11/h6,9-10,13-14H,3-5,7-8H2,1-2H3. The first-order valence-electron chi connectivity index (χ1n) is 6.02. The maximum atomic E-state index is 4.09. The number of nitrogens with zero attached hydrogens (tertiary/aromatic N) is 1. The van der Waals surface area contributed by atoms with Gasteiger partial charge in [-0.3, -0.25) is 4.98 Å². The molecule has 0 aliphatic carbocycles. The summed E-state index contributed by atoms with van der Waals surface area (Å²) < 4.78 is 0. The molecule has 1 unspecified atom stereocenters. The second-order valence-corrected chi connectivity index (χ2v) is 5.99. The highest BCUT2D eigenvalue weighted by molar-refractivity contribution is 7.09. The van der Waals surface area contributed by atoms with Crippen LogP contribution in [0, 0.1) is 11.3 Å². The van der Waals surface area contributed by atoms with Crippen LogP contribution in [0.4, 0.5) is 0 Å². The predicted octanol–water partition coefficient (Wildman–Crippen LogP) is 1.87. The van der Waals surface area contributed by atoms with Crippen LogP contribution >= 0.6 is 11.3 Å². The van der Waals surface area contributed by atoms with Crippen molar-refractivity contribution in [3.63, 3.8) is 0 Å². The minimum absolute atomic E-state index is 0.449. The highest BCUT2D eigenvalue weighted by Gasteiger charge is 2.36. The van der Waals surface area contributed by atoms with Crippen molar-refractivity contribution in [2.24, 2.45) is 11.3 Å². The van der Waals surface area contributed by atoms with Gasteiger partial charge >= 0.3 is 0 Å². The highest BCUT2D eigenvalue weighted by atomic mass is 32.1. The normalized spacial score (nSPS) is 25.4. The van der Waals surface area contributed by atoms with Gasteiger partial charge in [0.1, 0.15) is 0 Å². The molecule has 1 atom stereocenters. The van der Waals surface area contributed by atoms with Gasteiger partial charge in [0.05, 0.1) is 5.51 Å². The Morgan fingerprint density at radius 1 is 1.62 bits per heavy atom. The fourth-order valence-corrected chi connectivity index (χ4v) is 2.94. The molecular formula is C12H21N3S. The summed E-state index contributed by atoms with van der Waals surface area (Å²) in [7, 11) is 0. The van der Waals surface area contributed by atoms with Crippen molar-refractivity contribution in [1.29, 1.82) is 0 Å². The van der Waals surface area contributed by atoms with Crippen molar-refractivity contribution in [3.8, 4) is 0 Å². The lowest BCUT2D eigenvalue weighted by Gasteiger charge is -2.33. The van der Waals surface area contributed by atoms with Crippen LogP contribution in [0.15, 0.2) is 11.7 Å². The molecule has 0 spiro atoms. The highest BCUT2D eigenvalue weighted by Crippen LogP contribution is 2.33. The van der Waals surface area contributed by atoms with E-state index in [0.717, 1.165) is 25.6 Å². The van der Waals surface area contributed by atoms with E-state index in [0.29, 0.717) is 5.41 Å². The van der Waals surface area contributed by atoms with E-state index in [2.05, 4.69) is 29.5 Å². The maximum absolute atomic E-state index is 4.09. The van der Waals surface area contributed by atoms with Crippen molar-refractivity contribution >= 4 is 11.3 Å². The van der Waals surface area contributed by atoms with Gasteiger partial charge in [0.25, 0.3) is 0 Å². The first-order valence-corrected chi connectivity index (χ1v) is 6.90. The molecule has 0 saturated carbocycles. The lowest BCUT2D eigenvalue weighted by atomic mass is 9.76. The zero-order valence-corrected chi connectivity index (χ0v) is 10.9. The average Bonchev–Trinajstić information content (AvgIpc) is 2.88. The van der Waals surface area contributed by atoms with E-state index in [-0.39, 0.29) is 0 Å². The van der Waals surface area contributed by atoms with Crippen LogP contribution in [0.25, 0.3) is 0 Å². The van der Waals surface area contributed by atoms with Crippen molar-refractivity contribution in [3.05, 3.63) is 16.6 Å². The molecular weight excluding hydrogens is 218 g/mol. The molecule has 0 radical (unpaired) electrons. The summed E-state index contributed by atoms with van der Waals surface area (Å²) in [5.74, 6) is 0.733. The molecule has 1 aliphatic rings. The minimum Gasteiger partial charge on any atom is -0.316 e. The largest absolute Gasteiger partial charge is 0.316 e. The third-order valence-corrected chi connectivity index (χ3v) is 4.54. The number of thiazole rings is 1. The van der Waals surface area contributed by atoms with Crippen LogP contribution in [0.2, 0.25) is 0 Å². The Balaban J connectivity index is 1.83. The minimum atomic E-state index is 0.449. The Labute approximate surface area is 102 Å². The number of hydrogen-bond donors (Lipinski definition) is 2. The van der Waals surface area contributed by atoms with E-state index in [1.165, 1.54) is 17.8 Å². The Hall–Kier alpha value is -0.450. The Morgan fingerprint density at radius 3 is 3.06 bits per heavy atom. The van der Waals surface area contributed by atoms with Gasteiger partial charge < -0.3 is 10.6 Å². The lowest BCUT2D eigenvalue weighted by Crippen LogP contribution is -2.40. The van der Waals surface area contributed by atoms with Crippen molar-refractivity contribution < 1.29 is 0 Å². The number of rotatable bonds is 5. The summed E-state index contributed by atoms with van der Waals surface area (Å²) in [6.45, 7) is 9.05. The van der Waals surface area contributed by atoms with E-state index in [9.17, 15) is 0 Å². The number of hydrogen-bond acceptors (Lipinski definition) is 4. The second-order valence-electron chi connectivity index (χ2n) is 5.02. The summed E-state index contributed by atoms with van der Waals surface area (Å²) in [5.41, 5.74) is 2.34. The first-order chi connectivity index (χ1) is 7.73. The van der Waals surface area contributed by atoms with E-state index in [4.69, 9.17) is 0 Å². The second kappa shape index (κ2) is 5.25. The van der Waals surface area contributed by atoms with Crippen molar-refractivity contribution in [2.75, 3.05) is 19.6 Å². The van der Waals surface area contributed by atoms with Crippen LogP contribution in [0.1, 0.15) is 25.1 Å². The monoisotopic (exact) mass is 239 g/mol. The van der Waals surface area contributed by atoms with Crippen LogP contribution in [-0.2, 0) is 6.54 Å². The van der Waals surface area contributed by atoms with Crippen molar-refractivity contribution in [2.45, 2.75) is 26.8 Å². The van der Waals surface area contributed by atoms with E-state index in [1.807, 2.05) is 11.7 Å². The Bertz CT molecular complexity index is 302. The molecule has 2 rings (SSSR count). The van der Waals surface area contributed by atoms with E-state index in [1.54, 1.807) is 11.3 Å². The molecule has 1 fully saturated rings. The molecule has 1 aromatic heterocycles. The molecule has 0 amide bonds. The van der Waals surface area contributed by atoms with Crippen LogP contribution in [-0.4, -0.2) is 24.6 Å². The molecule has 2 N–H and O–H groups in total. The van der Waals surface area contributed by atoms with Gasteiger partial charge in [-0.1, -0.05) is 13.8 Å². The van der Waals surface area contributed by atoms with Gasteiger partial charge in [0, 0.05) is 30.7 Å². The van der Waals surface area contributed by atoms with Gasteiger partial charge in [-0.2, -0.15) is 0 Å². The first kappa shape index (κ1) is 12.0. The third kappa shape index (κ3) is 2.62. The van der Waals surface area contributed by atoms with Gasteiger partial charge in [0.15, 0.2) is 0 Å². The Morgan fingerprint density at radius 2 is 2.50 bits per heavy atom. The smallest absolute Gasteiger partial charge is 0.0794 e. The van der Waals surface area contributed by atoms with Gasteiger partial charge in [-0.05, 0) is 24.3 Å². The summed E-state index contributed by atoms with van der Waals surface area (Å²) in [6, 6.07) is 0. The molecule has 2 heterocycles. The zero-order chi connectivity index (χ0) is 11.4. The van der Waals surface area contributed by atoms with Crippen molar-refractivity contribution in [1.82, 2.24) is 15.6 Å². The molecule has 1 aliphatic heterocycles. The number of aromatic nitrogens is 1. The zero-order valence-electron chi connectivity index (χ0n) is 10.1. The van der Waals surface area contributed by atoms with Crippen LogP contribution in [0.3, 0.4) is 0 Å². The van der Waals surface area contributed by atoms with Gasteiger partial charge in [0.2, 0.25) is 0 Å². The summed E-state index contributed by atoms with van der Waals surface area (Å²) >= 11 is 1.72. The average molecular weight is 239 g/mol. The predicted molar refractivity (Wildman–Crippen MR) is 68.6 cm³/mol. The molecule has 0 bridgehead atoms. The van der Waals surface area contributed by atoms with Crippen LogP contribution < -0.4 is 10.6 Å². The summed E-state index contributed by atoms with van der Waals surface area (Å²) in [6.07, 6.45) is 3.24. The molecule has 16 heavy (non-hydrogen) atoms. The maximum Gasteiger partial charge on any atom is 0.0794 e. The van der Waals surface area contributed by atoms with E-state index >= 15 is 0 Å². The quantitative estimate of drug-likeness (QED) is 0.823.